The summed E-state index contributed by atoms with van der Waals surface area (Å²) in [5.74, 6) is -4.63. The van der Waals surface area contributed by atoms with Crippen molar-refractivity contribution in [1.29, 1.82) is 0 Å². The number of anilines is 1. The highest BCUT2D eigenvalue weighted by molar-refractivity contribution is 6.31. The number of amides is 4. The fraction of sp³-hybridized carbons (Fsp3) is 0.419. The minimum Gasteiger partial charge on any atom is -0.508 e. The number of hydrogen-bond donors (Lipinski definition) is 1. The van der Waals surface area contributed by atoms with Gasteiger partial charge < -0.3 is 5.11 Å². The minimum atomic E-state index is -1.22. The fourth-order valence-corrected chi connectivity index (χ4v) is 7.81. The van der Waals surface area contributed by atoms with Gasteiger partial charge in [0.05, 0.1) is 33.9 Å². The number of hydrogen-bond acceptors (Lipinski definition) is 5. The lowest BCUT2D eigenvalue weighted by molar-refractivity contribution is -0.140. The number of halogens is 2. The zero-order valence-electron chi connectivity index (χ0n) is 22.5. The van der Waals surface area contributed by atoms with E-state index in [2.05, 4.69) is 0 Å². The molecular weight excluding hydrogens is 535 g/mol. The van der Waals surface area contributed by atoms with Crippen LogP contribution < -0.4 is 4.90 Å². The number of imide groups is 2. The second kappa shape index (κ2) is 9.26. The van der Waals surface area contributed by atoms with E-state index in [9.17, 15) is 28.7 Å². The molecule has 6 rings (SSSR count). The van der Waals surface area contributed by atoms with Crippen molar-refractivity contribution in [1.82, 2.24) is 4.90 Å². The summed E-state index contributed by atoms with van der Waals surface area (Å²) >= 11 is 6.03. The van der Waals surface area contributed by atoms with Crippen LogP contribution in [0.1, 0.15) is 50.2 Å². The third-order valence-corrected chi connectivity index (χ3v) is 9.82. The van der Waals surface area contributed by atoms with Gasteiger partial charge in [0.25, 0.3) is 0 Å². The average Bonchev–Trinajstić information content (AvgIpc) is 3.27. The summed E-state index contributed by atoms with van der Waals surface area (Å²) in [5.41, 5.74) is 1.22. The van der Waals surface area contributed by atoms with E-state index in [1.807, 2.05) is 19.1 Å². The quantitative estimate of drug-likeness (QED) is 0.410. The molecule has 0 spiro atoms. The van der Waals surface area contributed by atoms with Gasteiger partial charge in [0, 0.05) is 12.5 Å². The Morgan fingerprint density at radius 3 is 2.48 bits per heavy atom. The molecule has 2 aliphatic carbocycles. The largest absolute Gasteiger partial charge is 0.508 e. The maximum Gasteiger partial charge on any atom is 0.241 e. The number of rotatable bonds is 4. The second-order valence-corrected chi connectivity index (χ2v) is 12.0. The Balaban J connectivity index is 1.52. The van der Waals surface area contributed by atoms with Crippen molar-refractivity contribution in [3.63, 3.8) is 0 Å². The lowest BCUT2D eigenvalue weighted by atomic mass is 9.51. The van der Waals surface area contributed by atoms with E-state index in [-0.39, 0.29) is 34.7 Å². The first-order chi connectivity index (χ1) is 19.0. The molecule has 208 valence electrons. The van der Waals surface area contributed by atoms with Gasteiger partial charge in [0.15, 0.2) is 0 Å². The van der Waals surface area contributed by atoms with Gasteiger partial charge in [0.2, 0.25) is 23.6 Å². The van der Waals surface area contributed by atoms with Crippen molar-refractivity contribution >= 4 is 40.9 Å². The van der Waals surface area contributed by atoms with Crippen molar-refractivity contribution < 1.29 is 28.7 Å². The Morgan fingerprint density at radius 2 is 1.80 bits per heavy atom. The van der Waals surface area contributed by atoms with E-state index in [1.165, 1.54) is 17.0 Å². The number of phenolic OH excluding ortho intramolecular Hbond substituents is 1. The molecule has 0 aromatic heterocycles. The number of fused-ring (bicyclic) bond motifs is 4. The standard InChI is InChI=1S/C31H30ClFN2O5/c1-4-11-34-27(37)19-8-7-18-20(25(19)29(34)39)14-21-28(38)35(17-6-9-23(33)22(32)13-17)30(40)31(21,3)26(18)16-5-10-24(36)15(2)12-16/h5-7,9-10,12-13,19-21,25-26,36H,4,8,11,14H2,1-3H3. The highest BCUT2D eigenvalue weighted by atomic mass is 35.5. The van der Waals surface area contributed by atoms with Crippen LogP contribution in [0.3, 0.4) is 0 Å². The van der Waals surface area contributed by atoms with Crippen molar-refractivity contribution in [2.24, 2.45) is 29.1 Å². The van der Waals surface area contributed by atoms with E-state index in [1.54, 1.807) is 26.0 Å². The normalized spacial score (nSPS) is 31.3. The molecular formula is C31H30ClFN2O5. The molecule has 1 N–H and O–H groups in total. The highest BCUT2D eigenvalue weighted by Crippen LogP contribution is 2.63. The summed E-state index contributed by atoms with van der Waals surface area (Å²) in [6, 6.07) is 8.91. The van der Waals surface area contributed by atoms with E-state index in [4.69, 9.17) is 11.6 Å². The molecule has 4 amide bonds. The second-order valence-electron chi connectivity index (χ2n) is 11.6. The number of likely N-dealkylation sites (tertiary alicyclic amines) is 1. The lowest BCUT2D eigenvalue weighted by Crippen LogP contribution is -2.48. The Kier molecular flexibility index (Phi) is 6.18. The van der Waals surface area contributed by atoms with Crippen molar-refractivity contribution in [2.75, 3.05) is 11.4 Å². The predicted molar refractivity (Wildman–Crippen MR) is 146 cm³/mol. The van der Waals surface area contributed by atoms with Gasteiger partial charge in [-0.15, -0.1) is 0 Å². The molecule has 0 bridgehead atoms. The number of carbonyl (C=O) groups excluding carboxylic acids is 4. The topological polar surface area (TPSA) is 95.0 Å². The number of allylic oxidation sites excluding steroid dienone is 2. The molecule has 7 nitrogen and oxygen atoms in total. The minimum absolute atomic E-state index is 0.110. The van der Waals surface area contributed by atoms with Crippen molar-refractivity contribution in [3.05, 3.63) is 70.0 Å². The first-order valence-corrected chi connectivity index (χ1v) is 14.1. The van der Waals surface area contributed by atoms with E-state index < -0.39 is 52.6 Å². The van der Waals surface area contributed by atoms with Crippen LogP contribution >= 0.6 is 11.6 Å². The maximum absolute atomic E-state index is 14.3. The first kappa shape index (κ1) is 26.7. The SMILES string of the molecule is CCCN1C(=O)C2CC=C3C(CC4C(=O)N(c5ccc(F)c(Cl)c5)C(=O)C4(C)C3c3ccc(O)c(C)c3)C2C1=O. The number of nitrogens with zero attached hydrogens (tertiary/aromatic N) is 2. The molecule has 0 radical (unpaired) electrons. The number of aromatic hydroxyl groups is 1. The average molecular weight is 565 g/mol. The van der Waals surface area contributed by atoms with Crippen molar-refractivity contribution in [3.8, 4) is 5.75 Å². The molecule has 2 aromatic rings. The zero-order chi connectivity index (χ0) is 28.7. The van der Waals surface area contributed by atoms with Crippen LogP contribution in [-0.2, 0) is 19.2 Å². The summed E-state index contributed by atoms with van der Waals surface area (Å²) in [6.45, 7) is 5.82. The number of phenols is 1. The zero-order valence-corrected chi connectivity index (χ0v) is 23.2. The summed E-state index contributed by atoms with van der Waals surface area (Å²) in [4.78, 5) is 57.7. The van der Waals surface area contributed by atoms with Crippen LogP contribution in [0, 0.1) is 41.8 Å². The van der Waals surface area contributed by atoms with Crippen LogP contribution in [0.5, 0.6) is 5.75 Å². The van der Waals surface area contributed by atoms with Crippen LogP contribution in [0.15, 0.2) is 48.0 Å². The van der Waals surface area contributed by atoms with Crippen LogP contribution in [0.2, 0.25) is 5.02 Å². The summed E-state index contributed by atoms with van der Waals surface area (Å²) in [6.07, 6.45) is 3.27. The maximum atomic E-state index is 14.3. The number of aryl methyl sites for hydroxylation is 1. The van der Waals surface area contributed by atoms with Gasteiger partial charge in [-0.3, -0.25) is 24.1 Å². The van der Waals surface area contributed by atoms with E-state index in [0.717, 1.165) is 22.1 Å². The highest BCUT2D eigenvalue weighted by Gasteiger charge is 2.67. The molecule has 1 saturated carbocycles. The Morgan fingerprint density at radius 1 is 1.05 bits per heavy atom. The lowest BCUT2D eigenvalue weighted by Gasteiger charge is -2.49. The van der Waals surface area contributed by atoms with E-state index >= 15 is 0 Å². The van der Waals surface area contributed by atoms with Crippen LogP contribution in [0.25, 0.3) is 0 Å². The van der Waals surface area contributed by atoms with Gasteiger partial charge in [-0.05, 0) is 74.4 Å². The third kappa shape index (κ3) is 3.54. The molecule has 2 aromatic carbocycles. The monoisotopic (exact) mass is 564 g/mol. The molecule has 40 heavy (non-hydrogen) atoms. The fourth-order valence-electron chi connectivity index (χ4n) is 7.63. The molecule has 4 aliphatic rings. The van der Waals surface area contributed by atoms with Crippen LogP contribution in [-0.4, -0.2) is 40.2 Å². The molecule has 2 aliphatic heterocycles. The summed E-state index contributed by atoms with van der Waals surface area (Å²) < 4.78 is 14.0. The van der Waals surface area contributed by atoms with E-state index in [0.29, 0.717) is 24.9 Å². The molecule has 2 heterocycles. The van der Waals surface area contributed by atoms with Gasteiger partial charge in [-0.25, -0.2) is 9.29 Å². The summed E-state index contributed by atoms with van der Waals surface area (Å²) in [7, 11) is 0. The number of benzene rings is 2. The Bertz CT molecular complexity index is 1520. The molecule has 6 atom stereocenters. The van der Waals surface area contributed by atoms with Gasteiger partial charge in [0.1, 0.15) is 11.6 Å². The van der Waals surface area contributed by atoms with Gasteiger partial charge in [-0.2, -0.15) is 0 Å². The smallest absolute Gasteiger partial charge is 0.241 e. The van der Waals surface area contributed by atoms with Gasteiger partial charge >= 0.3 is 0 Å². The Hall–Kier alpha value is -3.52. The molecule has 6 unspecified atom stereocenters. The van der Waals surface area contributed by atoms with Gasteiger partial charge in [-0.1, -0.05) is 42.3 Å². The molecule has 3 fully saturated rings. The summed E-state index contributed by atoms with van der Waals surface area (Å²) in [5, 5.41) is 10.1. The molecule has 9 heteroatoms. The van der Waals surface area contributed by atoms with Crippen LogP contribution in [0.4, 0.5) is 10.1 Å². The number of carbonyl (C=O) groups is 4. The Labute approximate surface area is 236 Å². The first-order valence-electron chi connectivity index (χ1n) is 13.7. The molecule has 2 saturated heterocycles. The predicted octanol–water partition coefficient (Wildman–Crippen LogP) is 5.13. The van der Waals surface area contributed by atoms with Crippen molar-refractivity contribution in [2.45, 2.75) is 46.0 Å². The third-order valence-electron chi connectivity index (χ3n) is 9.53.